The minimum absolute atomic E-state index is 0.101. The summed E-state index contributed by atoms with van der Waals surface area (Å²) in [7, 11) is 0. The van der Waals surface area contributed by atoms with Crippen LogP contribution in [-0.2, 0) is 11.2 Å². The highest BCUT2D eigenvalue weighted by molar-refractivity contribution is 5.81. The Labute approximate surface area is 150 Å². The van der Waals surface area contributed by atoms with Gasteiger partial charge < -0.3 is 14.8 Å². The molecule has 0 saturated heterocycles. The van der Waals surface area contributed by atoms with Crippen LogP contribution in [0.5, 0.6) is 11.5 Å². The van der Waals surface area contributed by atoms with Crippen molar-refractivity contribution in [2.24, 2.45) is 0 Å². The van der Waals surface area contributed by atoms with E-state index in [1.54, 1.807) is 6.92 Å². The first-order valence-electron chi connectivity index (χ1n) is 8.82. The third kappa shape index (κ3) is 5.24. The zero-order valence-corrected chi connectivity index (χ0v) is 15.4. The number of hydrogen-bond acceptors (Lipinski definition) is 3. The summed E-state index contributed by atoms with van der Waals surface area (Å²) >= 11 is 0. The van der Waals surface area contributed by atoms with Gasteiger partial charge in [-0.1, -0.05) is 37.3 Å². The predicted molar refractivity (Wildman–Crippen MR) is 100 cm³/mol. The Morgan fingerprint density at radius 2 is 1.72 bits per heavy atom. The van der Waals surface area contributed by atoms with Crippen molar-refractivity contribution in [2.45, 2.75) is 46.3 Å². The van der Waals surface area contributed by atoms with Crippen molar-refractivity contribution >= 4 is 5.91 Å². The van der Waals surface area contributed by atoms with Crippen LogP contribution in [0.2, 0.25) is 0 Å². The highest BCUT2D eigenvalue weighted by Crippen LogP contribution is 2.21. The first-order valence-corrected chi connectivity index (χ1v) is 8.82. The van der Waals surface area contributed by atoms with Crippen molar-refractivity contribution < 1.29 is 14.3 Å². The van der Waals surface area contributed by atoms with Gasteiger partial charge in [0.05, 0.1) is 12.6 Å². The van der Waals surface area contributed by atoms with Crippen LogP contribution in [0.4, 0.5) is 0 Å². The Balaban J connectivity index is 1.95. The molecule has 0 saturated carbocycles. The fraction of sp³-hybridized carbons (Fsp3) is 0.381. The van der Waals surface area contributed by atoms with Gasteiger partial charge in [0, 0.05) is 0 Å². The zero-order chi connectivity index (χ0) is 18.2. The van der Waals surface area contributed by atoms with Crippen LogP contribution in [0.1, 0.15) is 44.9 Å². The lowest BCUT2D eigenvalue weighted by Gasteiger charge is -2.20. The Morgan fingerprint density at radius 1 is 1.04 bits per heavy atom. The van der Waals surface area contributed by atoms with Crippen molar-refractivity contribution in [2.75, 3.05) is 6.61 Å². The smallest absolute Gasteiger partial charge is 0.261 e. The van der Waals surface area contributed by atoms with Gasteiger partial charge in [0.15, 0.2) is 6.10 Å². The lowest BCUT2D eigenvalue weighted by molar-refractivity contribution is -0.127. The number of carbonyl (C=O) groups excluding carboxylic acids is 1. The van der Waals surface area contributed by atoms with Gasteiger partial charge in [0.1, 0.15) is 11.5 Å². The van der Waals surface area contributed by atoms with Gasteiger partial charge in [-0.15, -0.1) is 0 Å². The second-order valence-electron chi connectivity index (χ2n) is 5.95. The second-order valence-corrected chi connectivity index (χ2v) is 5.95. The van der Waals surface area contributed by atoms with Crippen molar-refractivity contribution in [1.82, 2.24) is 5.32 Å². The van der Waals surface area contributed by atoms with Crippen molar-refractivity contribution in [3.63, 3.8) is 0 Å². The van der Waals surface area contributed by atoms with Gasteiger partial charge in [-0.2, -0.15) is 0 Å². The third-order valence-corrected chi connectivity index (χ3v) is 4.08. The summed E-state index contributed by atoms with van der Waals surface area (Å²) < 4.78 is 11.3. The molecule has 2 atom stereocenters. The number of nitrogens with one attached hydrogen (secondary N) is 1. The highest BCUT2D eigenvalue weighted by atomic mass is 16.5. The standard InChI is InChI=1S/C21H27NO3/c1-5-17-9-7-8-10-20(17)25-16(4)21(23)22-15(3)18-11-13-19(14-12-18)24-6-2/h7-16H,5-6H2,1-4H3,(H,22,23)/t15-,16-/m0/s1. The molecule has 4 heteroatoms. The molecule has 1 amide bonds. The van der Waals surface area contributed by atoms with Gasteiger partial charge >= 0.3 is 0 Å². The molecule has 0 bridgehead atoms. The molecule has 0 unspecified atom stereocenters. The lowest BCUT2D eigenvalue weighted by Crippen LogP contribution is -2.37. The van der Waals surface area contributed by atoms with E-state index in [0.29, 0.717) is 6.61 Å². The van der Waals surface area contributed by atoms with Gasteiger partial charge in [-0.3, -0.25) is 4.79 Å². The highest BCUT2D eigenvalue weighted by Gasteiger charge is 2.18. The van der Waals surface area contributed by atoms with Crippen LogP contribution in [0.15, 0.2) is 48.5 Å². The lowest BCUT2D eigenvalue weighted by atomic mass is 10.1. The van der Waals surface area contributed by atoms with Crippen molar-refractivity contribution in [1.29, 1.82) is 0 Å². The van der Waals surface area contributed by atoms with Crippen molar-refractivity contribution in [3.05, 3.63) is 59.7 Å². The van der Waals surface area contributed by atoms with Crippen LogP contribution >= 0.6 is 0 Å². The van der Waals surface area contributed by atoms with E-state index in [1.165, 1.54) is 0 Å². The fourth-order valence-electron chi connectivity index (χ4n) is 2.59. The summed E-state index contributed by atoms with van der Waals surface area (Å²) in [6, 6.07) is 15.5. The first-order chi connectivity index (χ1) is 12.0. The molecular formula is C21H27NO3. The molecule has 0 spiro atoms. The molecule has 0 aliphatic rings. The number of benzene rings is 2. The number of amides is 1. The number of carbonyl (C=O) groups is 1. The van der Waals surface area contributed by atoms with E-state index in [0.717, 1.165) is 29.0 Å². The van der Waals surface area contributed by atoms with E-state index in [-0.39, 0.29) is 11.9 Å². The average molecular weight is 341 g/mol. The zero-order valence-electron chi connectivity index (χ0n) is 15.4. The topological polar surface area (TPSA) is 47.6 Å². The third-order valence-electron chi connectivity index (χ3n) is 4.08. The molecule has 0 heterocycles. The summed E-state index contributed by atoms with van der Waals surface area (Å²) in [5.74, 6) is 1.46. The van der Waals surface area contributed by atoms with Crippen LogP contribution in [-0.4, -0.2) is 18.6 Å². The molecule has 0 aliphatic heterocycles. The predicted octanol–water partition coefficient (Wildman–Crippen LogP) is 4.29. The largest absolute Gasteiger partial charge is 0.494 e. The number of aryl methyl sites for hydroxylation is 1. The molecule has 0 fully saturated rings. The SMILES string of the molecule is CCOc1ccc([C@H](C)NC(=O)[C@H](C)Oc2ccccc2CC)cc1. The second kappa shape index (κ2) is 9.11. The molecule has 2 rings (SSSR count). The minimum Gasteiger partial charge on any atom is -0.494 e. The Bertz CT molecular complexity index is 682. The van der Waals surface area contributed by atoms with E-state index >= 15 is 0 Å². The van der Waals surface area contributed by atoms with Crippen LogP contribution in [0, 0.1) is 0 Å². The Hall–Kier alpha value is -2.49. The molecule has 25 heavy (non-hydrogen) atoms. The summed E-state index contributed by atoms with van der Waals surface area (Å²) in [4.78, 5) is 12.4. The van der Waals surface area contributed by atoms with E-state index in [9.17, 15) is 4.79 Å². The van der Waals surface area contributed by atoms with Gasteiger partial charge in [0.2, 0.25) is 0 Å². The first kappa shape index (κ1) is 18.8. The molecular weight excluding hydrogens is 314 g/mol. The molecule has 1 N–H and O–H groups in total. The number of para-hydroxylation sites is 1. The summed E-state index contributed by atoms with van der Waals surface area (Å²) in [5.41, 5.74) is 2.12. The molecule has 4 nitrogen and oxygen atoms in total. The summed E-state index contributed by atoms with van der Waals surface area (Å²) in [6.07, 6.45) is 0.311. The molecule has 2 aromatic rings. The normalized spacial score (nSPS) is 13.0. The van der Waals surface area contributed by atoms with Crippen molar-refractivity contribution in [3.8, 4) is 11.5 Å². The molecule has 2 aromatic carbocycles. The van der Waals surface area contributed by atoms with E-state index in [1.807, 2.05) is 62.4 Å². The fourth-order valence-corrected chi connectivity index (χ4v) is 2.59. The van der Waals surface area contributed by atoms with E-state index < -0.39 is 6.10 Å². The van der Waals surface area contributed by atoms with Crippen LogP contribution in [0.25, 0.3) is 0 Å². The molecule has 134 valence electrons. The number of hydrogen-bond donors (Lipinski definition) is 1. The summed E-state index contributed by atoms with van der Waals surface area (Å²) in [5, 5.41) is 3.00. The molecule has 0 radical (unpaired) electrons. The maximum atomic E-state index is 12.4. The monoisotopic (exact) mass is 341 g/mol. The minimum atomic E-state index is -0.558. The van der Waals surface area contributed by atoms with Crippen LogP contribution < -0.4 is 14.8 Å². The quantitative estimate of drug-likeness (QED) is 0.779. The van der Waals surface area contributed by atoms with Crippen LogP contribution in [0.3, 0.4) is 0 Å². The van der Waals surface area contributed by atoms with E-state index in [2.05, 4.69) is 12.2 Å². The van der Waals surface area contributed by atoms with Gasteiger partial charge in [-0.25, -0.2) is 0 Å². The van der Waals surface area contributed by atoms with Gasteiger partial charge in [-0.05, 0) is 56.5 Å². The number of ether oxygens (including phenoxy) is 2. The maximum absolute atomic E-state index is 12.4. The molecule has 0 aromatic heterocycles. The molecule has 0 aliphatic carbocycles. The Morgan fingerprint density at radius 3 is 2.36 bits per heavy atom. The summed E-state index contributed by atoms with van der Waals surface area (Å²) in [6.45, 7) is 8.39. The number of rotatable bonds is 8. The Kier molecular flexibility index (Phi) is 6.87. The van der Waals surface area contributed by atoms with E-state index in [4.69, 9.17) is 9.47 Å². The maximum Gasteiger partial charge on any atom is 0.261 e. The van der Waals surface area contributed by atoms with Gasteiger partial charge in [0.25, 0.3) is 5.91 Å². The average Bonchev–Trinajstić information content (AvgIpc) is 2.63.